The van der Waals surface area contributed by atoms with Gasteiger partial charge in [-0.15, -0.1) is 0 Å². The molecule has 0 aliphatic rings. The first-order valence-electron chi connectivity index (χ1n) is 5.57. The summed E-state index contributed by atoms with van der Waals surface area (Å²) >= 11 is 3.01. The van der Waals surface area contributed by atoms with Gasteiger partial charge in [0.25, 0.3) is 11.6 Å². The van der Waals surface area contributed by atoms with E-state index in [4.69, 9.17) is 4.42 Å². The van der Waals surface area contributed by atoms with Crippen molar-refractivity contribution in [1.82, 2.24) is 10.9 Å². The second-order valence-corrected chi connectivity index (χ2v) is 4.66. The first-order chi connectivity index (χ1) is 9.99. The van der Waals surface area contributed by atoms with E-state index in [2.05, 4.69) is 26.8 Å². The maximum atomic E-state index is 11.8. The number of hydrogen-bond acceptors (Lipinski definition) is 5. The van der Waals surface area contributed by atoms with E-state index in [0.29, 0.717) is 0 Å². The largest absolute Gasteiger partial charge is 0.459 e. The van der Waals surface area contributed by atoms with Crippen LogP contribution in [0.5, 0.6) is 0 Å². The van der Waals surface area contributed by atoms with Crippen molar-refractivity contribution in [3.05, 3.63) is 62.5 Å². The number of nitro benzene ring substituents is 1. The van der Waals surface area contributed by atoms with Crippen molar-refractivity contribution in [3.8, 4) is 0 Å². The topological polar surface area (TPSA) is 114 Å². The number of nitrogens with one attached hydrogen (secondary N) is 2. The molecule has 8 nitrogen and oxygen atoms in total. The number of furan rings is 1. The number of carbonyl (C=O) groups excluding carboxylic acids is 2. The first kappa shape index (κ1) is 14.7. The van der Waals surface area contributed by atoms with Crippen LogP contribution in [0.25, 0.3) is 0 Å². The molecule has 2 amide bonds. The minimum Gasteiger partial charge on any atom is -0.459 e. The molecule has 0 radical (unpaired) electrons. The molecule has 1 aromatic carbocycles. The molecule has 0 aliphatic carbocycles. The van der Waals surface area contributed by atoms with Gasteiger partial charge in [-0.25, -0.2) is 0 Å². The third kappa shape index (κ3) is 3.45. The molecule has 1 heterocycles. The van der Waals surface area contributed by atoms with Crippen LogP contribution in [0.15, 0.2) is 45.5 Å². The van der Waals surface area contributed by atoms with Crippen LogP contribution in [0.3, 0.4) is 0 Å². The fraction of sp³-hybridized carbons (Fsp3) is 0. The molecule has 0 saturated carbocycles. The van der Waals surface area contributed by atoms with E-state index in [-0.39, 0.29) is 21.5 Å². The number of nitrogens with zero attached hydrogens (tertiary/aromatic N) is 1. The smallest absolute Gasteiger partial charge is 0.305 e. The van der Waals surface area contributed by atoms with E-state index in [1.54, 1.807) is 0 Å². The van der Waals surface area contributed by atoms with Gasteiger partial charge >= 0.3 is 5.91 Å². The quantitative estimate of drug-likeness (QED) is 0.647. The van der Waals surface area contributed by atoms with Crippen LogP contribution < -0.4 is 10.9 Å². The van der Waals surface area contributed by atoms with Crippen molar-refractivity contribution >= 4 is 33.4 Å². The summed E-state index contributed by atoms with van der Waals surface area (Å²) in [6.45, 7) is 0. The number of nitro groups is 1. The van der Waals surface area contributed by atoms with Gasteiger partial charge in [-0.1, -0.05) is 0 Å². The monoisotopic (exact) mass is 353 g/mol. The minimum absolute atomic E-state index is 0.0251. The van der Waals surface area contributed by atoms with E-state index in [0.717, 1.165) is 6.07 Å². The summed E-state index contributed by atoms with van der Waals surface area (Å²) in [5.74, 6) is -1.30. The second kappa shape index (κ2) is 6.18. The lowest BCUT2D eigenvalue weighted by molar-refractivity contribution is -0.385. The summed E-state index contributed by atoms with van der Waals surface area (Å²) in [6.07, 6.45) is 1.31. The molecule has 0 spiro atoms. The van der Waals surface area contributed by atoms with Crippen molar-refractivity contribution in [2.45, 2.75) is 0 Å². The highest BCUT2D eigenvalue weighted by molar-refractivity contribution is 9.10. The van der Waals surface area contributed by atoms with Crippen molar-refractivity contribution < 1.29 is 18.9 Å². The summed E-state index contributed by atoms with van der Waals surface area (Å²) in [5.41, 5.74) is 4.05. The lowest BCUT2D eigenvalue weighted by Crippen LogP contribution is -2.41. The van der Waals surface area contributed by atoms with Crippen LogP contribution in [-0.4, -0.2) is 16.7 Å². The average molecular weight is 354 g/mol. The summed E-state index contributed by atoms with van der Waals surface area (Å²) in [7, 11) is 0. The third-order valence-corrected chi connectivity index (χ3v) is 3.11. The zero-order valence-corrected chi connectivity index (χ0v) is 11.9. The Hall–Kier alpha value is -2.68. The van der Waals surface area contributed by atoms with Gasteiger partial charge in [0.2, 0.25) is 0 Å². The fourth-order valence-electron chi connectivity index (χ4n) is 1.45. The Bertz CT molecular complexity index is 699. The van der Waals surface area contributed by atoms with Crippen molar-refractivity contribution in [3.63, 3.8) is 0 Å². The van der Waals surface area contributed by atoms with Gasteiger partial charge in [-0.3, -0.25) is 30.6 Å². The molecule has 2 N–H and O–H groups in total. The van der Waals surface area contributed by atoms with Crippen molar-refractivity contribution in [2.75, 3.05) is 0 Å². The van der Waals surface area contributed by atoms with Crippen LogP contribution in [0.2, 0.25) is 0 Å². The van der Waals surface area contributed by atoms with E-state index in [1.165, 1.54) is 30.5 Å². The van der Waals surface area contributed by atoms with Crippen LogP contribution in [-0.2, 0) is 0 Å². The molecule has 0 atom stereocenters. The van der Waals surface area contributed by atoms with Gasteiger partial charge in [0.1, 0.15) is 0 Å². The number of halogens is 1. The van der Waals surface area contributed by atoms with Gasteiger partial charge in [0, 0.05) is 11.6 Å². The Morgan fingerprint density at radius 3 is 2.52 bits per heavy atom. The van der Waals surface area contributed by atoms with E-state index in [1.807, 2.05) is 0 Å². The normalized spacial score (nSPS) is 9.95. The molecule has 2 rings (SSSR count). The lowest BCUT2D eigenvalue weighted by atomic mass is 10.2. The zero-order chi connectivity index (χ0) is 15.4. The highest BCUT2D eigenvalue weighted by atomic mass is 79.9. The molecule has 21 heavy (non-hydrogen) atoms. The Morgan fingerprint density at radius 1 is 1.19 bits per heavy atom. The molecule has 1 aromatic heterocycles. The fourth-order valence-corrected chi connectivity index (χ4v) is 1.84. The van der Waals surface area contributed by atoms with E-state index < -0.39 is 16.7 Å². The van der Waals surface area contributed by atoms with Gasteiger partial charge < -0.3 is 4.42 Å². The van der Waals surface area contributed by atoms with Crippen LogP contribution in [0, 0.1) is 10.1 Å². The molecular weight excluding hydrogens is 346 g/mol. The molecule has 9 heteroatoms. The molecule has 0 unspecified atom stereocenters. The maximum absolute atomic E-state index is 11.8. The standard InChI is InChI=1S/C12H8BrN3O5/c13-8-4-3-7(6-9(8)16(19)20)11(17)14-15-12(18)10-2-1-5-21-10/h1-6H,(H,14,17)(H,15,18). The molecule has 108 valence electrons. The number of hydrazine groups is 1. The number of hydrogen-bond donors (Lipinski definition) is 2. The predicted octanol–water partition coefficient (Wildman–Crippen LogP) is 2.03. The Morgan fingerprint density at radius 2 is 1.90 bits per heavy atom. The first-order valence-corrected chi connectivity index (χ1v) is 6.36. The number of carbonyl (C=O) groups is 2. The van der Waals surface area contributed by atoms with Gasteiger partial charge in [-0.2, -0.15) is 0 Å². The Kier molecular flexibility index (Phi) is 4.33. The Labute approximate surface area is 126 Å². The maximum Gasteiger partial charge on any atom is 0.305 e. The van der Waals surface area contributed by atoms with Crippen LogP contribution in [0.1, 0.15) is 20.9 Å². The van der Waals surface area contributed by atoms with Gasteiger partial charge in [0.05, 0.1) is 15.7 Å². The summed E-state index contributed by atoms with van der Waals surface area (Å²) in [6, 6.07) is 6.80. The molecule has 0 fully saturated rings. The molecule has 0 aliphatic heterocycles. The zero-order valence-electron chi connectivity index (χ0n) is 10.3. The predicted molar refractivity (Wildman–Crippen MR) is 74.4 cm³/mol. The van der Waals surface area contributed by atoms with E-state index in [9.17, 15) is 19.7 Å². The number of amides is 2. The summed E-state index contributed by atoms with van der Waals surface area (Å²) < 4.78 is 5.09. The van der Waals surface area contributed by atoms with Crippen molar-refractivity contribution in [2.24, 2.45) is 0 Å². The molecule has 0 saturated heterocycles. The SMILES string of the molecule is O=C(NNC(=O)c1ccco1)c1ccc(Br)c([N+](=O)[O-])c1. The molecular formula is C12H8BrN3O5. The number of benzene rings is 1. The summed E-state index contributed by atoms with van der Waals surface area (Å²) in [4.78, 5) is 33.5. The Balaban J connectivity index is 2.05. The molecule has 0 bridgehead atoms. The number of rotatable bonds is 3. The highest BCUT2D eigenvalue weighted by Gasteiger charge is 2.16. The third-order valence-electron chi connectivity index (χ3n) is 2.44. The van der Waals surface area contributed by atoms with Gasteiger partial charge in [0.15, 0.2) is 5.76 Å². The highest BCUT2D eigenvalue weighted by Crippen LogP contribution is 2.25. The minimum atomic E-state index is -0.689. The van der Waals surface area contributed by atoms with Crippen molar-refractivity contribution in [1.29, 1.82) is 0 Å². The van der Waals surface area contributed by atoms with E-state index >= 15 is 0 Å². The average Bonchev–Trinajstić information content (AvgIpc) is 2.98. The van der Waals surface area contributed by atoms with Crippen LogP contribution >= 0.6 is 15.9 Å². The lowest BCUT2D eigenvalue weighted by Gasteiger charge is -2.06. The van der Waals surface area contributed by atoms with Gasteiger partial charge in [-0.05, 0) is 40.2 Å². The molecule has 2 aromatic rings. The summed E-state index contributed by atoms with van der Waals surface area (Å²) in [5, 5.41) is 10.8. The second-order valence-electron chi connectivity index (χ2n) is 3.81. The van der Waals surface area contributed by atoms with Crippen LogP contribution in [0.4, 0.5) is 5.69 Å².